The van der Waals surface area contributed by atoms with Crippen LogP contribution in [0.4, 0.5) is 13.2 Å². The summed E-state index contributed by atoms with van der Waals surface area (Å²) < 4.78 is 41.8. The van der Waals surface area contributed by atoms with E-state index in [-0.39, 0.29) is 17.3 Å². The van der Waals surface area contributed by atoms with E-state index in [1.165, 1.54) is 23.1 Å². The third-order valence-electron chi connectivity index (χ3n) is 5.77. The Kier molecular flexibility index (Phi) is 5.78. The maximum atomic E-state index is 13.5. The van der Waals surface area contributed by atoms with Crippen molar-refractivity contribution in [3.05, 3.63) is 88.5 Å². The third-order valence-corrected chi connectivity index (χ3v) is 5.77. The van der Waals surface area contributed by atoms with Crippen LogP contribution in [0.3, 0.4) is 0 Å². The van der Waals surface area contributed by atoms with Crippen molar-refractivity contribution in [2.24, 2.45) is 0 Å². The van der Waals surface area contributed by atoms with Crippen molar-refractivity contribution in [1.82, 2.24) is 14.4 Å². The number of benzene rings is 2. The molecule has 5 nitrogen and oxygen atoms in total. The first-order valence-corrected chi connectivity index (χ1v) is 10.2. The standard InChI is InChI=1S/C24H22F3N3O2/c1-15-13-20(16(2)30(15)19-6-4-18(25)5-7-19)24(32)29-11-9-28(10-12-29)23(31)17-3-8-21(26)22(27)14-17/h3-8,13-14H,9-12H2,1-2H3. The number of hydrogen-bond acceptors (Lipinski definition) is 2. The molecule has 1 fully saturated rings. The molecule has 1 aliphatic rings. The molecule has 2 aromatic carbocycles. The molecule has 0 saturated carbocycles. The Bertz CT molecular complexity index is 1180. The third kappa shape index (κ3) is 4.00. The number of piperazine rings is 1. The minimum Gasteiger partial charge on any atom is -0.335 e. The summed E-state index contributed by atoms with van der Waals surface area (Å²) in [5.41, 5.74) is 2.99. The number of rotatable bonds is 3. The molecule has 8 heteroatoms. The Balaban J connectivity index is 1.47. The number of carbonyl (C=O) groups is 2. The highest BCUT2D eigenvalue weighted by molar-refractivity contribution is 5.97. The minimum absolute atomic E-state index is 0.0755. The van der Waals surface area contributed by atoms with Crippen LogP contribution in [0, 0.1) is 31.3 Å². The molecule has 1 aliphatic heterocycles. The van der Waals surface area contributed by atoms with Crippen molar-refractivity contribution >= 4 is 11.8 Å². The fourth-order valence-electron chi connectivity index (χ4n) is 4.06. The minimum atomic E-state index is -1.07. The Hall–Kier alpha value is -3.55. The maximum absolute atomic E-state index is 13.5. The van der Waals surface area contributed by atoms with Crippen molar-refractivity contribution in [1.29, 1.82) is 0 Å². The van der Waals surface area contributed by atoms with Gasteiger partial charge in [0, 0.05) is 48.8 Å². The van der Waals surface area contributed by atoms with Gasteiger partial charge in [0.1, 0.15) is 5.82 Å². The second-order valence-electron chi connectivity index (χ2n) is 7.81. The van der Waals surface area contributed by atoms with E-state index >= 15 is 0 Å². The fraction of sp³-hybridized carbons (Fsp3) is 0.250. The van der Waals surface area contributed by atoms with Gasteiger partial charge < -0.3 is 14.4 Å². The lowest BCUT2D eigenvalue weighted by Gasteiger charge is -2.35. The van der Waals surface area contributed by atoms with E-state index in [1.807, 2.05) is 18.4 Å². The number of aromatic nitrogens is 1. The first-order chi connectivity index (χ1) is 15.3. The zero-order valence-corrected chi connectivity index (χ0v) is 17.7. The predicted octanol–water partition coefficient (Wildman–Crippen LogP) is 4.11. The second-order valence-corrected chi connectivity index (χ2v) is 7.81. The molecule has 0 unspecified atom stereocenters. The normalized spacial score (nSPS) is 14.0. The van der Waals surface area contributed by atoms with Crippen LogP contribution < -0.4 is 0 Å². The number of amides is 2. The van der Waals surface area contributed by atoms with Gasteiger partial charge in [-0.05, 0) is 62.4 Å². The summed E-state index contributed by atoms with van der Waals surface area (Å²) in [4.78, 5) is 29.0. The van der Waals surface area contributed by atoms with E-state index in [4.69, 9.17) is 0 Å². The second kappa shape index (κ2) is 8.53. The van der Waals surface area contributed by atoms with E-state index < -0.39 is 17.5 Å². The van der Waals surface area contributed by atoms with Crippen molar-refractivity contribution < 1.29 is 22.8 Å². The molecule has 0 atom stereocenters. The molecule has 0 bridgehead atoms. The molecule has 0 spiro atoms. The van der Waals surface area contributed by atoms with Crippen molar-refractivity contribution in [2.45, 2.75) is 13.8 Å². The van der Waals surface area contributed by atoms with E-state index in [0.717, 1.165) is 29.2 Å². The van der Waals surface area contributed by atoms with E-state index in [2.05, 4.69) is 0 Å². The number of nitrogens with zero attached hydrogens (tertiary/aromatic N) is 3. The van der Waals surface area contributed by atoms with E-state index in [9.17, 15) is 22.8 Å². The van der Waals surface area contributed by atoms with Gasteiger partial charge in [-0.25, -0.2) is 13.2 Å². The molecule has 32 heavy (non-hydrogen) atoms. The maximum Gasteiger partial charge on any atom is 0.255 e. The predicted molar refractivity (Wildman–Crippen MR) is 113 cm³/mol. The Morgan fingerprint density at radius 3 is 1.94 bits per heavy atom. The molecular formula is C24H22F3N3O2. The van der Waals surface area contributed by atoms with Gasteiger partial charge in [-0.1, -0.05) is 0 Å². The zero-order valence-electron chi connectivity index (χ0n) is 17.7. The average Bonchev–Trinajstić information content (AvgIpc) is 3.09. The number of halogens is 3. The van der Waals surface area contributed by atoms with Crippen LogP contribution in [0.25, 0.3) is 5.69 Å². The molecule has 1 saturated heterocycles. The summed E-state index contributed by atoms with van der Waals surface area (Å²) in [5, 5.41) is 0. The molecular weight excluding hydrogens is 419 g/mol. The van der Waals surface area contributed by atoms with Crippen molar-refractivity contribution in [3.63, 3.8) is 0 Å². The number of carbonyl (C=O) groups excluding carboxylic acids is 2. The highest BCUT2D eigenvalue weighted by Crippen LogP contribution is 2.23. The smallest absolute Gasteiger partial charge is 0.255 e. The van der Waals surface area contributed by atoms with Gasteiger partial charge in [0.25, 0.3) is 11.8 Å². The van der Waals surface area contributed by atoms with Crippen LogP contribution in [0.1, 0.15) is 32.1 Å². The quantitative estimate of drug-likeness (QED) is 0.614. The highest BCUT2D eigenvalue weighted by Gasteiger charge is 2.28. The van der Waals surface area contributed by atoms with Crippen LogP contribution in [0.15, 0.2) is 48.5 Å². The largest absolute Gasteiger partial charge is 0.335 e. The molecule has 0 radical (unpaired) electrons. The molecule has 0 N–H and O–H groups in total. The van der Waals surface area contributed by atoms with Gasteiger partial charge in [-0.2, -0.15) is 0 Å². The van der Waals surface area contributed by atoms with Crippen LogP contribution in [-0.4, -0.2) is 52.4 Å². The first kappa shape index (κ1) is 21.7. The lowest BCUT2D eigenvalue weighted by Crippen LogP contribution is -2.50. The Morgan fingerprint density at radius 1 is 0.750 bits per heavy atom. The van der Waals surface area contributed by atoms with E-state index in [1.54, 1.807) is 23.1 Å². The van der Waals surface area contributed by atoms with E-state index in [0.29, 0.717) is 31.7 Å². The monoisotopic (exact) mass is 441 g/mol. The van der Waals surface area contributed by atoms with Crippen LogP contribution >= 0.6 is 0 Å². The van der Waals surface area contributed by atoms with Gasteiger partial charge in [-0.15, -0.1) is 0 Å². The Labute approximate surface area is 183 Å². The van der Waals surface area contributed by atoms with Gasteiger partial charge in [0.2, 0.25) is 0 Å². The van der Waals surface area contributed by atoms with Crippen molar-refractivity contribution in [3.8, 4) is 5.69 Å². The van der Waals surface area contributed by atoms with Crippen molar-refractivity contribution in [2.75, 3.05) is 26.2 Å². The van der Waals surface area contributed by atoms with Crippen LogP contribution in [-0.2, 0) is 0 Å². The lowest BCUT2D eigenvalue weighted by atomic mass is 10.1. The van der Waals surface area contributed by atoms with Gasteiger partial charge in [-0.3, -0.25) is 9.59 Å². The average molecular weight is 441 g/mol. The SMILES string of the molecule is Cc1cc(C(=O)N2CCN(C(=O)c3ccc(F)c(F)c3)CC2)c(C)n1-c1ccc(F)cc1. The lowest BCUT2D eigenvalue weighted by molar-refractivity contribution is 0.0534. The summed E-state index contributed by atoms with van der Waals surface area (Å²) >= 11 is 0. The molecule has 2 amide bonds. The van der Waals surface area contributed by atoms with Crippen LogP contribution in [0.5, 0.6) is 0 Å². The summed E-state index contributed by atoms with van der Waals surface area (Å²) in [7, 11) is 0. The summed E-state index contributed by atoms with van der Waals surface area (Å²) in [5.74, 6) is -2.95. The molecule has 166 valence electrons. The number of hydrogen-bond donors (Lipinski definition) is 0. The van der Waals surface area contributed by atoms with Gasteiger partial charge in [0.15, 0.2) is 11.6 Å². The topological polar surface area (TPSA) is 45.6 Å². The fourth-order valence-corrected chi connectivity index (χ4v) is 4.06. The molecule has 2 heterocycles. The Morgan fingerprint density at radius 2 is 1.34 bits per heavy atom. The highest BCUT2D eigenvalue weighted by atomic mass is 19.2. The molecule has 1 aromatic heterocycles. The van der Waals surface area contributed by atoms with Gasteiger partial charge >= 0.3 is 0 Å². The molecule has 4 rings (SSSR count). The first-order valence-electron chi connectivity index (χ1n) is 10.2. The van der Waals surface area contributed by atoms with Crippen LogP contribution in [0.2, 0.25) is 0 Å². The summed E-state index contributed by atoms with van der Waals surface area (Å²) in [6.45, 7) is 4.96. The summed E-state index contributed by atoms with van der Waals surface area (Å²) in [6, 6.07) is 10.9. The summed E-state index contributed by atoms with van der Waals surface area (Å²) in [6.07, 6.45) is 0. The molecule has 0 aliphatic carbocycles. The number of aryl methyl sites for hydroxylation is 1. The molecule has 3 aromatic rings. The van der Waals surface area contributed by atoms with Gasteiger partial charge in [0.05, 0.1) is 5.56 Å². The zero-order chi connectivity index (χ0) is 23.0.